The molecule has 30 heavy (non-hydrogen) atoms. The summed E-state index contributed by atoms with van der Waals surface area (Å²) in [6.07, 6.45) is 0. The van der Waals surface area contributed by atoms with Crippen LogP contribution in [0.25, 0.3) is 0 Å². The van der Waals surface area contributed by atoms with Gasteiger partial charge in [-0.1, -0.05) is 35.9 Å². The van der Waals surface area contributed by atoms with E-state index in [-0.39, 0.29) is 19.2 Å². The summed E-state index contributed by atoms with van der Waals surface area (Å²) in [5.41, 5.74) is 2.94. The van der Waals surface area contributed by atoms with Crippen LogP contribution >= 0.6 is 0 Å². The summed E-state index contributed by atoms with van der Waals surface area (Å²) >= 11 is 0. The van der Waals surface area contributed by atoms with Crippen LogP contribution in [0.4, 0.5) is 0 Å². The lowest BCUT2D eigenvalue weighted by Crippen LogP contribution is -2.55. The summed E-state index contributed by atoms with van der Waals surface area (Å²) in [4.78, 5) is 40.0. The van der Waals surface area contributed by atoms with Crippen LogP contribution in [-0.2, 0) is 27.5 Å². The summed E-state index contributed by atoms with van der Waals surface area (Å²) in [6, 6.07) is 13.3. The lowest BCUT2D eigenvalue weighted by atomic mass is 10.1. The van der Waals surface area contributed by atoms with Gasteiger partial charge in [-0.05, 0) is 30.2 Å². The molecule has 3 amide bonds. The van der Waals surface area contributed by atoms with Crippen molar-refractivity contribution >= 4 is 17.7 Å². The fraction of sp³-hybridized carbons (Fsp3) is 0.318. The molecule has 0 aromatic heterocycles. The van der Waals surface area contributed by atoms with Crippen LogP contribution < -0.4 is 14.8 Å². The van der Waals surface area contributed by atoms with Crippen LogP contribution in [0.1, 0.15) is 16.7 Å². The SMILES string of the molecule is Cc1cccc(CN2CCN(CC(=O)NCc3ccc4c(c3)OCO4)C(=O)C2=O)c1. The molecule has 1 N–H and O–H groups in total. The first-order valence-corrected chi connectivity index (χ1v) is 9.78. The predicted octanol–water partition coefficient (Wildman–Crippen LogP) is 1.21. The highest BCUT2D eigenvalue weighted by Crippen LogP contribution is 2.32. The number of rotatable bonds is 6. The second-order valence-corrected chi connectivity index (χ2v) is 7.41. The van der Waals surface area contributed by atoms with Crippen LogP contribution in [0, 0.1) is 6.92 Å². The first-order chi connectivity index (χ1) is 14.5. The monoisotopic (exact) mass is 409 g/mol. The van der Waals surface area contributed by atoms with Gasteiger partial charge in [-0.2, -0.15) is 0 Å². The average Bonchev–Trinajstić information content (AvgIpc) is 3.20. The van der Waals surface area contributed by atoms with Gasteiger partial charge in [0.1, 0.15) is 6.54 Å². The molecule has 8 heteroatoms. The van der Waals surface area contributed by atoms with E-state index in [2.05, 4.69) is 5.32 Å². The second-order valence-electron chi connectivity index (χ2n) is 7.41. The average molecular weight is 409 g/mol. The number of hydrogen-bond acceptors (Lipinski definition) is 5. The molecule has 0 spiro atoms. The molecule has 156 valence electrons. The molecule has 2 aromatic rings. The Morgan fingerprint density at radius 2 is 1.73 bits per heavy atom. The highest BCUT2D eigenvalue weighted by Gasteiger charge is 2.33. The number of carbonyl (C=O) groups excluding carboxylic acids is 3. The van der Waals surface area contributed by atoms with Gasteiger partial charge in [-0.25, -0.2) is 0 Å². The van der Waals surface area contributed by atoms with Crippen molar-refractivity contribution in [2.45, 2.75) is 20.0 Å². The largest absolute Gasteiger partial charge is 0.454 e. The molecule has 0 radical (unpaired) electrons. The van der Waals surface area contributed by atoms with Crippen LogP contribution in [0.3, 0.4) is 0 Å². The molecule has 2 aromatic carbocycles. The molecular formula is C22H23N3O5. The van der Waals surface area contributed by atoms with Gasteiger partial charge in [0, 0.05) is 26.2 Å². The zero-order chi connectivity index (χ0) is 21.1. The van der Waals surface area contributed by atoms with E-state index in [1.54, 1.807) is 12.1 Å². The third-order valence-electron chi connectivity index (χ3n) is 5.11. The second kappa shape index (κ2) is 8.44. The van der Waals surface area contributed by atoms with E-state index in [1.165, 1.54) is 9.80 Å². The number of piperazine rings is 1. The first-order valence-electron chi connectivity index (χ1n) is 9.78. The third kappa shape index (κ3) is 4.37. The number of ether oxygens (including phenoxy) is 2. The Balaban J connectivity index is 1.28. The van der Waals surface area contributed by atoms with Gasteiger partial charge >= 0.3 is 11.8 Å². The molecule has 0 aliphatic carbocycles. The minimum atomic E-state index is -0.646. The van der Waals surface area contributed by atoms with Gasteiger partial charge in [0.2, 0.25) is 12.7 Å². The Morgan fingerprint density at radius 3 is 2.57 bits per heavy atom. The molecule has 2 heterocycles. The van der Waals surface area contributed by atoms with Crippen LogP contribution in [-0.4, -0.2) is 53.9 Å². The molecule has 0 unspecified atom stereocenters. The van der Waals surface area contributed by atoms with Crippen LogP contribution in [0.2, 0.25) is 0 Å². The summed E-state index contributed by atoms with van der Waals surface area (Å²) in [5.74, 6) is -0.218. The van der Waals surface area contributed by atoms with E-state index in [4.69, 9.17) is 9.47 Å². The minimum absolute atomic E-state index is 0.145. The number of amides is 3. The van der Waals surface area contributed by atoms with Gasteiger partial charge in [0.15, 0.2) is 11.5 Å². The quantitative estimate of drug-likeness (QED) is 0.725. The van der Waals surface area contributed by atoms with Crippen molar-refractivity contribution < 1.29 is 23.9 Å². The molecule has 0 atom stereocenters. The smallest absolute Gasteiger partial charge is 0.312 e. The number of fused-ring (bicyclic) bond motifs is 1. The maximum Gasteiger partial charge on any atom is 0.312 e. The van der Waals surface area contributed by atoms with Gasteiger partial charge < -0.3 is 24.6 Å². The van der Waals surface area contributed by atoms with Gasteiger partial charge in [-0.3, -0.25) is 14.4 Å². The van der Waals surface area contributed by atoms with E-state index >= 15 is 0 Å². The summed E-state index contributed by atoms with van der Waals surface area (Å²) in [5, 5.41) is 2.78. The standard InChI is InChI=1S/C22H23N3O5/c1-15-3-2-4-17(9-15)12-24-7-8-25(22(28)21(24)27)13-20(26)23-11-16-5-6-18-19(10-16)30-14-29-18/h2-6,9-10H,7-8,11-14H2,1H3,(H,23,26). The van der Waals surface area contributed by atoms with E-state index in [0.717, 1.165) is 16.7 Å². The normalized spacial score (nSPS) is 15.5. The summed E-state index contributed by atoms with van der Waals surface area (Å²) in [6.45, 7) is 3.43. The van der Waals surface area contributed by atoms with Crippen molar-refractivity contribution in [3.63, 3.8) is 0 Å². The van der Waals surface area contributed by atoms with E-state index in [9.17, 15) is 14.4 Å². The first kappa shape index (κ1) is 19.8. The van der Waals surface area contributed by atoms with E-state index in [0.29, 0.717) is 37.7 Å². The zero-order valence-corrected chi connectivity index (χ0v) is 16.7. The van der Waals surface area contributed by atoms with E-state index in [1.807, 2.05) is 37.3 Å². The maximum absolute atomic E-state index is 12.5. The Hall–Kier alpha value is -3.55. The molecule has 0 bridgehead atoms. The van der Waals surface area contributed by atoms with E-state index < -0.39 is 11.8 Å². The van der Waals surface area contributed by atoms with Crippen LogP contribution in [0.5, 0.6) is 11.5 Å². The Kier molecular flexibility index (Phi) is 5.56. The molecule has 4 rings (SSSR count). The molecule has 1 saturated heterocycles. The highest BCUT2D eigenvalue weighted by atomic mass is 16.7. The number of nitrogens with one attached hydrogen (secondary N) is 1. The van der Waals surface area contributed by atoms with Crippen LogP contribution in [0.15, 0.2) is 42.5 Å². The predicted molar refractivity (Wildman–Crippen MR) is 108 cm³/mol. The summed E-state index contributed by atoms with van der Waals surface area (Å²) < 4.78 is 10.6. The van der Waals surface area contributed by atoms with Gasteiger partial charge in [0.05, 0.1) is 0 Å². The van der Waals surface area contributed by atoms with Gasteiger partial charge in [-0.15, -0.1) is 0 Å². The Morgan fingerprint density at radius 1 is 0.967 bits per heavy atom. The molecule has 2 aliphatic rings. The van der Waals surface area contributed by atoms with Crippen molar-refractivity contribution in [1.29, 1.82) is 0 Å². The Labute approximate surface area is 174 Å². The van der Waals surface area contributed by atoms with Crippen molar-refractivity contribution in [1.82, 2.24) is 15.1 Å². The molecule has 1 fully saturated rings. The highest BCUT2D eigenvalue weighted by molar-refractivity contribution is 6.35. The van der Waals surface area contributed by atoms with Crippen molar-refractivity contribution in [3.05, 3.63) is 59.2 Å². The molecule has 2 aliphatic heterocycles. The number of nitrogens with zero attached hydrogens (tertiary/aromatic N) is 2. The van der Waals surface area contributed by atoms with Crippen molar-refractivity contribution in [2.24, 2.45) is 0 Å². The number of benzene rings is 2. The van der Waals surface area contributed by atoms with Crippen molar-refractivity contribution in [3.8, 4) is 11.5 Å². The zero-order valence-electron chi connectivity index (χ0n) is 16.7. The molecular weight excluding hydrogens is 386 g/mol. The Bertz CT molecular complexity index is 990. The lowest BCUT2D eigenvalue weighted by molar-refractivity contribution is -0.157. The van der Waals surface area contributed by atoms with Gasteiger partial charge in [0.25, 0.3) is 0 Å². The molecule has 0 saturated carbocycles. The van der Waals surface area contributed by atoms with Crippen molar-refractivity contribution in [2.75, 3.05) is 26.4 Å². The fourth-order valence-electron chi connectivity index (χ4n) is 3.53. The molecule has 8 nitrogen and oxygen atoms in total. The topological polar surface area (TPSA) is 88.2 Å². The number of hydrogen-bond donors (Lipinski definition) is 1. The number of carbonyl (C=O) groups is 3. The maximum atomic E-state index is 12.5. The minimum Gasteiger partial charge on any atom is -0.454 e. The fourth-order valence-corrected chi connectivity index (χ4v) is 3.53. The summed E-state index contributed by atoms with van der Waals surface area (Å²) in [7, 11) is 0. The number of aryl methyl sites for hydroxylation is 1. The lowest BCUT2D eigenvalue weighted by Gasteiger charge is -2.33. The third-order valence-corrected chi connectivity index (χ3v) is 5.11.